The number of anilines is 1. The molecular weight excluding hydrogens is 126 g/mol. The lowest BCUT2D eigenvalue weighted by molar-refractivity contribution is 1.20. The van der Waals surface area contributed by atoms with Crippen LogP contribution in [0.25, 0.3) is 0 Å². The number of pyridine rings is 1. The van der Waals surface area contributed by atoms with Crippen molar-refractivity contribution in [2.24, 2.45) is 0 Å². The predicted octanol–water partition coefficient (Wildman–Crippen LogP) is 0.844. The van der Waals surface area contributed by atoms with Crippen LogP contribution in [0.1, 0.15) is 11.3 Å². The summed E-state index contributed by atoms with van der Waals surface area (Å²) in [5, 5.41) is 8.44. The highest BCUT2D eigenvalue weighted by molar-refractivity contribution is 5.48. The van der Waals surface area contributed by atoms with Crippen molar-refractivity contribution in [3.63, 3.8) is 0 Å². The molecule has 0 aromatic carbocycles. The average Bonchev–Trinajstić information content (AvgIpc) is 1.88. The lowest BCUT2D eigenvalue weighted by Gasteiger charge is -1.95. The van der Waals surface area contributed by atoms with Crippen LogP contribution in [0, 0.1) is 18.3 Å². The van der Waals surface area contributed by atoms with E-state index in [9.17, 15) is 0 Å². The fourth-order valence-corrected chi connectivity index (χ4v) is 0.671. The summed E-state index contributed by atoms with van der Waals surface area (Å²) in [4.78, 5) is 3.90. The Morgan fingerprint density at radius 2 is 2.30 bits per heavy atom. The Balaban J connectivity index is 3.23. The highest BCUT2D eigenvalue weighted by atomic mass is 14.8. The summed E-state index contributed by atoms with van der Waals surface area (Å²) in [5.74, 6) is 0.308. The Labute approximate surface area is 59.1 Å². The number of nitriles is 1. The van der Waals surface area contributed by atoms with Crippen molar-refractivity contribution in [3.8, 4) is 6.07 Å². The van der Waals surface area contributed by atoms with Gasteiger partial charge in [0.1, 0.15) is 11.9 Å². The smallest absolute Gasteiger partial charge is 0.141 e. The van der Waals surface area contributed by atoms with Crippen molar-refractivity contribution in [1.29, 1.82) is 5.26 Å². The van der Waals surface area contributed by atoms with E-state index in [4.69, 9.17) is 11.0 Å². The second-order valence-electron chi connectivity index (χ2n) is 2.00. The van der Waals surface area contributed by atoms with Crippen molar-refractivity contribution in [2.75, 3.05) is 5.73 Å². The number of nitrogens with zero attached hydrogens (tertiary/aromatic N) is 2. The molecule has 0 aliphatic carbocycles. The SMILES string of the molecule is Cc1ccc(C#N)c(N)n1. The summed E-state index contributed by atoms with van der Waals surface area (Å²) in [6.45, 7) is 1.83. The first-order valence-corrected chi connectivity index (χ1v) is 2.87. The van der Waals surface area contributed by atoms with Gasteiger partial charge < -0.3 is 5.73 Å². The van der Waals surface area contributed by atoms with Gasteiger partial charge in [0.15, 0.2) is 0 Å². The molecule has 3 nitrogen and oxygen atoms in total. The molecule has 0 radical (unpaired) electrons. The van der Waals surface area contributed by atoms with Crippen LogP contribution in [-0.2, 0) is 0 Å². The summed E-state index contributed by atoms with van der Waals surface area (Å²) in [7, 11) is 0. The second kappa shape index (κ2) is 2.36. The van der Waals surface area contributed by atoms with Gasteiger partial charge in [-0.3, -0.25) is 0 Å². The van der Waals surface area contributed by atoms with Gasteiger partial charge in [-0.1, -0.05) is 0 Å². The Kier molecular flexibility index (Phi) is 1.55. The van der Waals surface area contributed by atoms with Crippen LogP contribution < -0.4 is 5.73 Å². The van der Waals surface area contributed by atoms with Gasteiger partial charge in [0.25, 0.3) is 0 Å². The third-order valence-electron chi connectivity index (χ3n) is 1.18. The number of aryl methyl sites for hydroxylation is 1. The number of hydrogen-bond donors (Lipinski definition) is 1. The zero-order valence-electron chi connectivity index (χ0n) is 5.63. The first-order chi connectivity index (χ1) is 4.74. The van der Waals surface area contributed by atoms with E-state index in [0.29, 0.717) is 11.4 Å². The van der Waals surface area contributed by atoms with Gasteiger partial charge >= 0.3 is 0 Å². The Morgan fingerprint density at radius 1 is 1.60 bits per heavy atom. The molecule has 0 aliphatic rings. The van der Waals surface area contributed by atoms with E-state index in [1.54, 1.807) is 12.1 Å². The zero-order chi connectivity index (χ0) is 7.56. The maximum absolute atomic E-state index is 8.44. The molecule has 0 saturated heterocycles. The molecule has 1 heterocycles. The van der Waals surface area contributed by atoms with Gasteiger partial charge in [0.2, 0.25) is 0 Å². The minimum absolute atomic E-state index is 0.308. The first-order valence-electron chi connectivity index (χ1n) is 2.87. The highest BCUT2D eigenvalue weighted by Gasteiger charge is 1.96. The molecule has 50 valence electrons. The molecule has 0 atom stereocenters. The number of nitrogen functional groups attached to an aromatic ring is 1. The lowest BCUT2D eigenvalue weighted by atomic mass is 10.2. The molecule has 10 heavy (non-hydrogen) atoms. The summed E-state index contributed by atoms with van der Waals surface area (Å²) >= 11 is 0. The molecular formula is C7H7N3. The monoisotopic (exact) mass is 133 g/mol. The fraction of sp³-hybridized carbons (Fsp3) is 0.143. The minimum atomic E-state index is 0.308. The van der Waals surface area contributed by atoms with Crippen molar-refractivity contribution in [1.82, 2.24) is 4.98 Å². The zero-order valence-corrected chi connectivity index (χ0v) is 5.63. The van der Waals surface area contributed by atoms with Crippen LogP contribution in [0.15, 0.2) is 12.1 Å². The molecule has 1 aromatic rings. The molecule has 0 spiro atoms. The van der Waals surface area contributed by atoms with E-state index in [-0.39, 0.29) is 0 Å². The molecule has 2 N–H and O–H groups in total. The summed E-state index contributed by atoms with van der Waals surface area (Å²) in [5.41, 5.74) is 6.66. The van der Waals surface area contributed by atoms with Crippen LogP contribution in [0.2, 0.25) is 0 Å². The van der Waals surface area contributed by atoms with E-state index in [1.165, 1.54) is 0 Å². The molecule has 0 saturated carbocycles. The van der Waals surface area contributed by atoms with Crippen LogP contribution in [0.3, 0.4) is 0 Å². The van der Waals surface area contributed by atoms with Crippen LogP contribution in [0.4, 0.5) is 5.82 Å². The molecule has 1 rings (SSSR count). The molecule has 0 unspecified atom stereocenters. The van der Waals surface area contributed by atoms with Gasteiger partial charge in [-0.25, -0.2) is 4.98 Å². The van der Waals surface area contributed by atoms with E-state index in [2.05, 4.69) is 4.98 Å². The number of rotatable bonds is 0. The van der Waals surface area contributed by atoms with E-state index >= 15 is 0 Å². The molecule has 3 heteroatoms. The van der Waals surface area contributed by atoms with E-state index < -0.39 is 0 Å². The summed E-state index contributed by atoms with van der Waals surface area (Å²) in [6.07, 6.45) is 0. The largest absolute Gasteiger partial charge is 0.383 e. The van der Waals surface area contributed by atoms with Gasteiger partial charge in [-0.2, -0.15) is 5.26 Å². The fourth-order valence-electron chi connectivity index (χ4n) is 0.671. The molecule has 0 aliphatic heterocycles. The van der Waals surface area contributed by atoms with Crippen LogP contribution >= 0.6 is 0 Å². The average molecular weight is 133 g/mol. The third kappa shape index (κ3) is 1.06. The first kappa shape index (κ1) is 6.56. The van der Waals surface area contributed by atoms with Crippen molar-refractivity contribution in [2.45, 2.75) is 6.92 Å². The Morgan fingerprint density at radius 3 is 2.80 bits per heavy atom. The number of nitrogens with two attached hydrogens (primary N) is 1. The van der Waals surface area contributed by atoms with Gasteiger partial charge in [0, 0.05) is 5.69 Å². The quantitative estimate of drug-likeness (QED) is 0.570. The lowest BCUT2D eigenvalue weighted by Crippen LogP contribution is -1.95. The Bertz CT molecular complexity index is 285. The van der Waals surface area contributed by atoms with E-state index in [1.807, 2.05) is 13.0 Å². The van der Waals surface area contributed by atoms with Gasteiger partial charge in [0.05, 0.1) is 5.56 Å². The van der Waals surface area contributed by atoms with Crippen molar-refractivity contribution < 1.29 is 0 Å². The molecule has 0 fully saturated rings. The molecule has 0 bridgehead atoms. The standard InChI is InChI=1S/C7H7N3/c1-5-2-3-6(4-8)7(9)10-5/h2-3H,1H3,(H2,9,10). The normalized spacial score (nSPS) is 8.80. The molecule has 0 amide bonds. The van der Waals surface area contributed by atoms with Gasteiger partial charge in [-0.15, -0.1) is 0 Å². The number of aromatic nitrogens is 1. The maximum Gasteiger partial charge on any atom is 0.141 e. The van der Waals surface area contributed by atoms with Crippen LogP contribution in [0.5, 0.6) is 0 Å². The highest BCUT2D eigenvalue weighted by Crippen LogP contribution is 2.06. The summed E-state index contributed by atoms with van der Waals surface area (Å²) < 4.78 is 0. The topological polar surface area (TPSA) is 62.7 Å². The summed E-state index contributed by atoms with van der Waals surface area (Å²) in [6, 6.07) is 5.36. The van der Waals surface area contributed by atoms with Crippen molar-refractivity contribution in [3.05, 3.63) is 23.4 Å². The minimum Gasteiger partial charge on any atom is -0.383 e. The molecule has 1 aromatic heterocycles. The van der Waals surface area contributed by atoms with Crippen molar-refractivity contribution >= 4 is 5.82 Å². The maximum atomic E-state index is 8.44. The Hall–Kier alpha value is -1.56. The number of hydrogen-bond acceptors (Lipinski definition) is 3. The van der Waals surface area contributed by atoms with Gasteiger partial charge in [-0.05, 0) is 19.1 Å². The predicted molar refractivity (Wildman–Crippen MR) is 38.1 cm³/mol. The third-order valence-corrected chi connectivity index (χ3v) is 1.18. The van der Waals surface area contributed by atoms with Crippen LogP contribution in [-0.4, -0.2) is 4.98 Å². The van der Waals surface area contributed by atoms with E-state index in [0.717, 1.165) is 5.69 Å². The second-order valence-corrected chi connectivity index (χ2v) is 2.00.